The minimum Gasteiger partial charge on any atom is -0.503 e. The van der Waals surface area contributed by atoms with E-state index in [0.29, 0.717) is 18.8 Å². The highest BCUT2D eigenvalue weighted by atomic mass is 32.2. The van der Waals surface area contributed by atoms with Gasteiger partial charge in [-0.05, 0) is 42.5 Å². The van der Waals surface area contributed by atoms with Crippen molar-refractivity contribution in [1.29, 1.82) is 0 Å². The van der Waals surface area contributed by atoms with Gasteiger partial charge in [-0.3, -0.25) is 0 Å². The van der Waals surface area contributed by atoms with Gasteiger partial charge in [-0.15, -0.1) is 0 Å². The fraction of sp³-hybridized carbons (Fsp3) is 0.316. The molecule has 4 rings (SSSR count). The van der Waals surface area contributed by atoms with Crippen molar-refractivity contribution in [2.24, 2.45) is 0 Å². The van der Waals surface area contributed by atoms with Crippen LogP contribution in [0.4, 0.5) is 8.78 Å². The quantitative estimate of drug-likeness (QED) is 0.724. The van der Waals surface area contributed by atoms with Crippen LogP contribution >= 0.6 is 0 Å². The number of phenols is 1. The summed E-state index contributed by atoms with van der Waals surface area (Å²) in [6.45, 7) is 0.982. The number of aromatic hydroxyl groups is 1. The summed E-state index contributed by atoms with van der Waals surface area (Å²) < 4.78 is 53.9. The first kappa shape index (κ1) is 18.8. The van der Waals surface area contributed by atoms with Crippen molar-refractivity contribution < 1.29 is 22.3 Å². The van der Waals surface area contributed by atoms with E-state index in [1.807, 2.05) is 12.1 Å². The highest BCUT2D eigenvalue weighted by molar-refractivity contribution is 7.88. The topological polar surface area (TPSA) is 75.4 Å². The minimum absolute atomic E-state index is 0.00751. The van der Waals surface area contributed by atoms with Gasteiger partial charge in [-0.1, -0.05) is 12.1 Å². The van der Waals surface area contributed by atoms with Gasteiger partial charge in [0.05, 0.1) is 18.1 Å². The summed E-state index contributed by atoms with van der Waals surface area (Å²) in [5, 5.41) is 13.9. The van der Waals surface area contributed by atoms with Gasteiger partial charge in [0.1, 0.15) is 5.52 Å². The summed E-state index contributed by atoms with van der Waals surface area (Å²) in [7, 11) is -3.16. The van der Waals surface area contributed by atoms with Crippen molar-refractivity contribution in [1.82, 2.24) is 14.1 Å². The highest BCUT2D eigenvalue weighted by Crippen LogP contribution is 2.32. The number of rotatable bonds is 3. The van der Waals surface area contributed by atoms with Crippen molar-refractivity contribution >= 4 is 20.9 Å². The molecule has 0 saturated carbocycles. The molecule has 6 nitrogen and oxygen atoms in total. The fourth-order valence-corrected chi connectivity index (χ4v) is 4.59. The second kappa shape index (κ2) is 6.82. The Morgan fingerprint density at radius 3 is 2.39 bits per heavy atom. The smallest absolute Gasteiger partial charge is 0.211 e. The predicted molar refractivity (Wildman–Crippen MR) is 101 cm³/mol. The molecule has 2 heterocycles. The second-order valence-corrected chi connectivity index (χ2v) is 9.03. The Bertz CT molecular complexity index is 1140. The lowest BCUT2D eigenvalue weighted by atomic mass is 9.90. The molecule has 0 bridgehead atoms. The van der Waals surface area contributed by atoms with E-state index in [2.05, 4.69) is 5.10 Å². The van der Waals surface area contributed by atoms with Crippen LogP contribution in [0, 0.1) is 11.6 Å². The standard InChI is InChI=1S/C19H19F2N3O3S/c1-28(26,27)23-8-6-13(7-9-23)12-2-4-15(5-3-12)24-18-14(11-22-24)10-16(20)19(25)17(18)21/h2-5,10-11,13,25H,6-9H2,1H3. The maximum atomic E-state index is 14.3. The van der Waals surface area contributed by atoms with E-state index >= 15 is 0 Å². The molecule has 0 radical (unpaired) electrons. The summed E-state index contributed by atoms with van der Waals surface area (Å²) in [5.74, 6) is -2.86. The second-order valence-electron chi connectivity index (χ2n) is 7.04. The Morgan fingerprint density at radius 2 is 1.79 bits per heavy atom. The number of fused-ring (bicyclic) bond motifs is 1. The van der Waals surface area contributed by atoms with Crippen LogP contribution < -0.4 is 0 Å². The van der Waals surface area contributed by atoms with Gasteiger partial charge in [0.25, 0.3) is 0 Å². The van der Waals surface area contributed by atoms with E-state index in [4.69, 9.17) is 0 Å². The fourth-order valence-electron chi connectivity index (χ4n) is 3.71. The van der Waals surface area contributed by atoms with E-state index in [1.54, 1.807) is 12.1 Å². The zero-order chi connectivity index (χ0) is 20.1. The van der Waals surface area contributed by atoms with Crippen molar-refractivity contribution in [3.8, 4) is 11.4 Å². The lowest BCUT2D eigenvalue weighted by molar-refractivity contribution is 0.321. The summed E-state index contributed by atoms with van der Waals surface area (Å²) in [6, 6.07) is 8.42. The van der Waals surface area contributed by atoms with Crippen LogP contribution in [-0.4, -0.2) is 47.0 Å². The minimum atomic E-state index is -3.16. The van der Waals surface area contributed by atoms with Crippen LogP contribution in [0.15, 0.2) is 36.5 Å². The van der Waals surface area contributed by atoms with Gasteiger partial charge in [0.2, 0.25) is 10.0 Å². The monoisotopic (exact) mass is 407 g/mol. The first-order chi connectivity index (χ1) is 13.3. The molecule has 1 saturated heterocycles. The third-order valence-corrected chi connectivity index (χ3v) is 6.56. The third-order valence-electron chi connectivity index (χ3n) is 5.25. The average Bonchev–Trinajstić information content (AvgIpc) is 3.09. The van der Waals surface area contributed by atoms with Crippen LogP contribution in [-0.2, 0) is 10.0 Å². The van der Waals surface area contributed by atoms with Crippen molar-refractivity contribution in [3.63, 3.8) is 0 Å². The van der Waals surface area contributed by atoms with Crippen LogP contribution in [0.3, 0.4) is 0 Å². The maximum Gasteiger partial charge on any atom is 0.211 e. The molecule has 2 aromatic carbocycles. The number of aromatic nitrogens is 2. The predicted octanol–water partition coefficient (Wildman–Crippen LogP) is 3.15. The molecule has 1 aromatic heterocycles. The number of benzene rings is 2. The summed E-state index contributed by atoms with van der Waals surface area (Å²) in [6.07, 6.45) is 4.03. The number of sulfonamides is 1. The summed E-state index contributed by atoms with van der Waals surface area (Å²) in [5.41, 5.74) is 1.66. The normalized spacial score (nSPS) is 16.7. The van der Waals surface area contributed by atoms with E-state index in [0.717, 1.165) is 24.5 Å². The van der Waals surface area contributed by atoms with E-state index < -0.39 is 27.4 Å². The molecule has 28 heavy (non-hydrogen) atoms. The third kappa shape index (κ3) is 3.24. The van der Waals surface area contributed by atoms with Gasteiger partial charge in [0, 0.05) is 18.5 Å². The van der Waals surface area contributed by atoms with Crippen molar-refractivity contribution in [2.45, 2.75) is 18.8 Å². The number of nitrogens with zero attached hydrogens (tertiary/aromatic N) is 3. The van der Waals surface area contributed by atoms with Crippen LogP contribution in [0.1, 0.15) is 24.3 Å². The summed E-state index contributed by atoms with van der Waals surface area (Å²) in [4.78, 5) is 0. The number of phenolic OH excluding ortho intramolecular Hbond substituents is 1. The van der Waals surface area contributed by atoms with Crippen molar-refractivity contribution in [3.05, 3.63) is 53.7 Å². The first-order valence-corrected chi connectivity index (χ1v) is 10.7. The molecule has 0 amide bonds. The lowest BCUT2D eigenvalue weighted by Crippen LogP contribution is -2.37. The number of hydrogen-bond donors (Lipinski definition) is 1. The molecule has 0 atom stereocenters. The van der Waals surface area contributed by atoms with E-state index in [1.165, 1.54) is 21.4 Å². The largest absolute Gasteiger partial charge is 0.503 e. The van der Waals surface area contributed by atoms with E-state index in [9.17, 15) is 22.3 Å². The molecule has 0 spiro atoms. The first-order valence-electron chi connectivity index (χ1n) is 8.86. The molecule has 148 valence electrons. The Hall–Kier alpha value is -2.52. The van der Waals surface area contributed by atoms with Crippen molar-refractivity contribution in [2.75, 3.05) is 19.3 Å². The van der Waals surface area contributed by atoms with E-state index in [-0.39, 0.29) is 16.8 Å². The summed E-state index contributed by atoms with van der Waals surface area (Å²) >= 11 is 0. The molecular formula is C19H19F2N3O3S. The molecule has 0 aliphatic carbocycles. The van der Waals surface area contributed by atoms with Gasteiger partial charge < -0.3 is 5.11 Å². The Kier molecular flexibility index (Phi) is 4.59. The molecule has 1 N–H and O–H groups in total. The molecule has 1 aliphatic rings. The molecule has 9 heteroatoms. The van der Waals surface area contributed by atoms with Gasteiger partial charge in [0.15, 0.2) is 17.4 Å². The maximum absolute atomic E-state index is 14.3. The van der Waals surface area contributed by atoms with Gasteiger partial charge in [-0.2, -0.15) is 5.10 Å². The Labute approximate surface area is 161 Å². The van der Waals surface area contributed by atoms with Crippen LogP contribution in [0.25, 0.3) is 16.6 Å². The highest BCUT2D eigenvalue weighted by Gasteiger charge is 2.26. The van der Waals surface area contributed by atoms with Gasteiger partial charge in [-0.25, -0.2) is 26.2 Å². The van der Waals surface area contributed by atoms with Gasteiger partial charge >= 0.3 is 0 Å². The number of halogens is 2. The number of piperidine rings is 1. The number of hydrogen-bond acceptors (Lipinski definition) is 4. The zero-order valence-electron chi connectivity index (χ0n) is 15.1. The average molecular weight is 407 g/mol. The lowest BCUT2D eigenvalue weighted by Gasteiger charge is -2.30. The Morgan fingerprint density at radius 1 is 1.14 bits per heavy atom. The molecule has 3 aromatic rings. The molecular weight excluding hydrogens is 388 g/mol. The molecule has 1 fully saturated rings. The van der Waals surface area contributed by atoms with Crippen LogP contribution in [0.5, 0.6) is 5.75 Å². The van der Waals surface area contributed by atoms with Crippen LogP contribution in [0.2, 0.25) is 0 Å². The molecule has 1 aliphatic heterocycles. The molecule has 0 unspecified atom stereocenters. The SMILES string of the molecule is CS(=O)(=O)N1CCC(c2ccc(-n3ncc4cc(F)c(O)c(F)c43)cc2)CC1. The Balaban J connectivity index is 1.60. The zero-order valence-corrected chi connectivity index (χ0v) is 16.0.